The third kappa shape index (κ3) is 7.70. The molecule has 2 aliphatic heterocycles. The lowest BCUT2D eigenvalue weighted by atomic mass is 10.2. The van der Waals surface area contributed by atoms with E-state index in [-0.39, 0.29) is 11.8 Å². The van der Waals surface area contributed by atoms with Crippen LogP contribution in [0.1, 0.15) is 36.8 Å². The SMILES string of the molecule is O=C1/C(=C\c2cccnc2)N=C(SCCCCCCSC2=N/C(=C/c3cccnc3)C(=O)N2c2ccccc2)N1c1ccccc1. The number of para-hydroxylation sites is 2. The summed E-state index contributed by atoms with van der Waals surface area (Å²) in [6, 6.07) is 26.8. The first kappa shape index (κ1) is 31.2. The molecule has 0 unspecified atom stereocenters. The van der Waals surface area contributed by atoms with Gasteiger partial charge in [0.25, 0.3) is 11.8 Å². The number of carbonyl (C=O) groups is 2. The summed E-state index contributed by atoms with van der Waals surface area (Å²) in [5, 5.41) is 1.39. The molecule has 6 rings (SSSR count). The Morgan fingerprint density at radius 2 is 0.978 bits per heavy atom. The topological polar surface area (TPSA) is 91.1 Å². The minimum absolute atomic E-state index is 0.133. The predicted molar refractivity (Wildman–Crippen MR) is 191 cm³/mol. The summed E-state index contributed by atoms with van der Waals surface area (Å²) in [6.45, 7) is 0. The van der Waals surface area contributed by atoms with Gasteiger partial charge in [0.05, 0.1) is 11.4 Å². The molecule has 0 spiro atoms. The van der Waals surface area contributed by atoms with E-state index >= 15 is 0 Å². The van der Waals surface area contributed by atoms with Crippen LogP contribution in [0.2, 0.25) is 0 Å². The van der Waals surface area contributed by atoms with E-state index in [1.807, 2.05) is 84.9 Å². The zero-order chi connectivity index (χ0) is 31.6. The third-order valence-corrected chi connectivity index (χ3v) is 9.21. The van der Waals surface area contributed by atoms with Gasteiger partial charge in [-0.15, -0.1) is 0 Å². The van der Waals surface area contributed by atoms with E-state index < -0.39 is 0 Å². The number of hydrogen-bond acceptors (Lipinski definition) is 8. The maximum Gasteiger partial charge on any atom is 0.283 e. The first-order chi connectivity index (χ1) is 22.7. The van der Waals surface area contributed by atoms with E-state index in [2.05, 4.69) is 9.97 Å². The molecule has 0 saturated carbocycles. The number of amidine groups is 2. The van der Waals surface area contributed by atoms with Crippen LogP contribution in [0.3, 0.4) is 0 Å². The molecule has 4 aromatic rings. The number of benzene rings is 2. The molecule has 0 saturated heterocycles. The van der Waals surface area contributed by atoms with Gasteiger partial charge in [-0.25, -0.2) is 9.98 Å². The summed E-state index contributed by atoms with van der Waals surface area (Å²) in [6.07, 6.45) is 14.5. The molecule has 0 fully saturated rings. The highest BCUT2D eigenvalue weighted by Gasteiger charge is 2.33. The van der Waals surface area contributed by atoms with Crippen LogP contribution in [0.4, 0.5) is 11.4 Å². The molecule has 2 aliphatic rings. The molecule has 0 atom stereocenters. The van der Waals surface area contributed by atoms with Crippen molar-refractivity contribution in [3.63, 3.8) is 0 Å². The maximum atomic E-state index is 13.3. The number of rotatable bonds is 11. The van der Waals surface area contributed by atoms with E-state index in [1.165, 1.54) is 0 Å². The summed E-state index contributed by atoms with van der Waals surface area (Å²) in [5.41, 5.74) is 4.11. The number of carbonyl (C=O) groups excluding carboxylic acids is 2. The van der Waals surface area contributed by atoms with E-state index in [0.29, 0.717) is 21.7 Å². The van der Waals surface area contributed by atoms with Crippen molar-refractivity contribution < 1.29 is 9.59 Å². The molecule has 0 N–H and O–H groups in total. The fourth-order valence-electron chi connectivity index (χ4n) is 4.92. The average molecular weight is 645 g/mol. The predicted octanol–water partition coefficient (Wildman–Crippen LogP) is 7.69. The Morgan fingerprint density at radius 1 is 0.543 bits per heavy atom. The summed E-state index contributed by atoms with van der Waals surface area (Å²) in [7, 11) is 0. The van der Waals surface area contributed by atoms with Crippen molar-refractivity contribution in [2.75, 3.05) is 21.3 Å². The van der Waals surface area contributed by atoms with Gasteiger partial charge in [-0.05, 0) is 72.5 Å². The van der Waals surface area contributed by atoms with Crippen LogP contribution in [0.5, 0.6) is 0 Å². The molecule has 4 heterocycles. The van der Waals surface area contributed by atoms with Crippen molar-refractivity contribution in [2.45, 2.75) is 25.7 Å². The van der Waals surface area contributed by atoms with E-state index in [4.69, 9.17) is 9.98 Å². The lowest BCUT2D eigenvalue weighted by Gasteiger charge is -2.18. The number of aliphatic imine (C=N–C) groups is 2. The van der Waals surface area contributed by atoms with Gasteiger partial charge in [0.2, 0.25) is 0 Å². The normalized spacial score (nSPS) is 16.4. The number of thioether (sulfide) groups is 2. The number of anilines is 2. The second-order valence-electron chi connectivity index (χ2n) is 10.5. The summed E-state index contributed by atoms with van der Waals surface area (Å²) in [5.74, 6) is 1.44. The molecule has 2 amide bonds. The van der Waals surface area contributed by atoms with E-state index in [1.54, 1.807) is 70.3 Å². The highest BCUT2D eigenvalue weighted by Crippen LogP contribution is 2.31. The van der Waals surface area contributed by atoms with Gasteiger partial charge in [0.1, 0.15) is 11.4 Å². The van der Waals surface area contributed by atoms with Crippen LogP contribution in [0, 0.1) is 0 Å². The number of nitrogens with zero attached hydrogens (tertiary/aromatic N) is 6. The van der Waals surface area contributed by atoms with Crippen molar-refractivity contribution in [1.29, 1.82) is 0 Å². The summed E-state index contributed by atoms with van der Waals surface area (Å²) >= 11 is 3.22. The molecule has 0 bridgehead atoms. The van der Waals surface area contributed by atoms with Crippen molar-refractivity contribution in [1.82, 2.24) is 9.97 Å². The summed E-state index contributed by atoms with van der Waals surface area (Å²) < 4.78 is 0. The highest BCUT2D eigenvalue weighted by atomic mass is 32.2. The van der Waals surface area contributed by atoms with Crippen molar-refractivity contribution in [3.05, 3.63) is 132 Å². The number of aromatic nitrogens is 2. The largest absolute Gasteiger partial charge is 0.283 e. The first-order valence-electron chi connectivity index (χ1n) is 15.1. The number of hydrogen-bond donors (Lipinski definition) is 0. The van der Waals surface area contributed by atoms with Crippen LogP contribution in [-0.2, 0) is 9.59 Å². The zero-order valence-electron chi connectivity index (χ0n) is 25.1. The van der Waals surface area contributed by atoms with Crippen molar-refractivity contribution >= 4 is 69.2 Å². The Kier molecular flexibility index (Phi) is 10.5. The molecule has 230 valence electrons. The smallest absolute Gasteiger partial charge is 0.266 e. The van der Waals surface area contributed by atoms with Gasteiger partial charge >= 0.3 is 0 Å². The first-order valence-corrected chi connectivity index (χ1v) is 17.1. The van der Waals surface area contributed by atoms with Crippen molar-refractivity contribution in [2.24, 2.45) is 9.98 Å². The zero-order valence-corrected chi connectivity index (χ0v) is 26.7. The lowest BCUT2D eigenvalue weighted by Crippen LogP contribution is -2.30. The van der Waals surface area contributed by atoms with E-state index in [0.717, 1.165) is 59.7 Å². The molecule has 10 heteroatoms. The molecule has 0 aliphatic carbocycles. The molecule has 2 aromatic heterocycles. The number of pyridine rings is 2. The fourth-order valence-corrected chi connectivity index (χ4v) is 6.94. The number of amides is 2. The van der Waals surface area contributed by atoms with Gasteiger partial charge in [0.15, 0.2) is 10.3 Å². The van der Waals surface area contributed by atoms with Crippen LogP contribution >= 0.6 is 23.5 Å². The van der Waals surface area contributed by atoms with Crippen LogP contribution in [-0.4, -0.2) is 43.6 Å². The molecule has 0 radical (unpaired) electrons. The van der Waals surface area contributed by atoms with Gasteiger partial charge in [-0.1, -0.05) is 84.9 Å². The Morgan fingerprint density at radius 3 is 1.37 bits per heavy atom. The molecular weight excluding hydrogens is 613 g/mol. The van der Waals surface area contributed by atoms with Gasteiger partial charge in [-0.2, -0.15) is 0 Å². The van der Waals surface area contributed by atoms with E-state index in [9.17, 15) is 9.59 Å². The lowest BCUT2D eigenvalue weighted by molar-refractivity contribution is -0.114. The van der Waals surface area contributed by atoms with Gasteiger partial charge in [-0.3, -0.25) is 29.4 Å². The maximum absolute atomic E-state index is 13.3. The highest BCUT2D eigenvalue weighted by molar-refractivity contribution is 8.14. The standard InChI is InChI=1S/C36H32N6O2S2/c43-33-31(23-27-13-11-19-37-25-27)39-35(41(33)29-15-5-3-6-16-29)45-21-9-1-2-10-22-46-36-40-32(24-28-14-12-20-38-26-28)34(44)42(36)30-17-7-4-8-18-30/h3-8,11-20,23-26H,1-2,9-10,21-22H2/b31-23+,32-24+. The Labute approximate surface area is 277 Å². The van der Waals surface area contributed by atoms with Crippen molar-refractivity contribution in [3.8, 4) is 0 Å². The molecular formula is C36H32N6O2S2. The fraction of sp³-hybridized carbons (Fsp3) is 0.167. The second-order valence-corrected chi connectivity index (χ2v) is 12.6. The van der Waals surface area contributed by atoms with Crippen LogP contribution < -0.4 is 9.80 Å². The number of unbranched alkanes of at least 4 members (excludes halogenated alkanes) is 3. The molecule has 46 heavy (non-hydrogen) atoms. The molecule has 2 aromatic carbocycles. The minimum atomic E-state index is -0.133. The molecule has 8 nitrogen and oxygen atoms in total. The monoisotopic (exact) mass is 644 g/mol. The Hall–Kier alpha value is -4.80. The quantitative estimate of drug-likeness (QED) is 0.123. The second kappa shape index (κ2) is 15.5. The van der Waals surface area contributed by atoms with Gasteiger partial charge in [0, 0.05) is 36.3 Å². The Bertz CT molecular complexity index is 1650. The third-order valence-electron chi connectivity index (χ3n) is 7.16. The van der Waals surface area contributed by atoms with Crippen LogP contribution in [0.25, 0.3) is 12.2 Å². The van der Waals surface area contributed by atoms with Gasteiger partial charge < -0.3 is 0 Å². The van der Waals surface area contributed by atoms with Crippen LogP contribution in [0.15, 0.2) is 131 Å². The summed E-state index contributed by atoms with van der Waals surface area (Å²) in [4.78, 5) is 47.8. The minimum Gasteiger partial charge on any atom is -0.266 e. The average Bonchev–Trinajstić information content (AvgIpc) is 3.58. The Balaban J connectivity index is 1.02.